The van der Waals surface area contributed by atoms with Gasteiger partial charge in [0.2, 0.25) is 9.04 Å². The topological polar surface area (TPSA) is 52.6 Å². The Labute approximate surface area is 151 Å². The molecule has 6 heteroatoms. The molecule has 0 amide bonds. The molecular weight excluding hydrogens is 340 g/mol. The fourth-order valence-corrected chi connectivity index (χ4v) is 4.38. The Kier molecular flexibility index (Phi) is 8.29. The first-order valence-corrected chi connectivity index (χ1v) is 12.2. The van der Waals surface area contributed by atoms with Crippen molar-refractivity contribution >= 4 is 32.6 Å². The molecule has 0 aromatic carbocycles. The summed E-state index contributed by atoms with van der Waals surface area (Å²) in [6, 6.07) is 0. The molecule has 0 saturated heterocycles. The van der Waals surface area contributed by atoms with E-state index < -0.39 is 9.04 Å². The van der Waals surface area contributed by atoms with Gasteiger partial charge in [0.25, 0.3) is 0 Å². The number of rotatable bonds is 8. The second kappa shape index (κ2) is 9.46. The van der Waals surface area contributed by atoms with Gasteiger partial charge in [-0.25, -0.2) is 0 Å². The van der Waals surface area contributed by atoms with Crippen LogP contribution < -0.4 is 0 Å². The van der Waals surface area contributed by atoms with E-state index in [0.717, 1.165) is 10.7 Å². The number of allylic oxidation sites excluding steroid dienone is 3. The van der Waals surface area contributed by atoms with Crippen molar-refractivity contribution < 1.29 is 18.8 Å². The van der Waals surface area contributed by atoms with Gasteiger partial charge in [0.15, 0.2) is 5.78 Å². The second-order valence-electron chi connectivity index (χ2n) is 7.30. The van der Waals surface area contributed by atoms with Crippen LogP contribution in [0.2, 0.25) is 13.1 Å². The van der Waals surface area contributed by atoms with E-state index in [1.807, 2.05) is 12.2 Å². The first-order valence-electron chi connectivity index (χ1n) is 8.45. The van der Waals surface area contributed by atoms with Gasteiger partial charge in [0.05, 0.1) is 12.0 Å². The maximum Gasteiger partial charge on any atom is 0.305 e. The summed E-state index contributed by atoms with van der Waals surface area (Å²) in [4.78, 5) is 24.3. The number of methoxy groups -OCH3 is 1. The van der Waals surface area contributed by atoms with Gasteiger partial charge < -0.3 is 9.16 Å². The maximum absolute atomic E-state index is 12.4. The molecular formula is C18H30O4SSi. The Morgan fingerprint density at radius 3 is 2.54 bits per heavy atom. The molecule has 0 saturated carbocycles. The lowest BCUT2D eigenvalue weighted by Gasteiger charge is -2.30. The Morgan fingerprint density at radius 1 is 1.33 bits per heavy atom. The zero-order valence-corrected chi connectivity index (χ0v) is 17.7. The summed E-state index contributed by atoms with van der Waals surface area (Å²) in [6.07, 6.45) is 5.56. The fourth-order valence-electron chi connectivity index (χ4n) is 2.53. The minimum Gasteiger partial charge on any atom is -0.549 e. The van der Waals surface area contributed by atoms with Gasteiger partial charge in [-0.15, -0.1) is 11.8 Å². The minimum atomic E-state index is -1.26. The predicted molar refractivity (Wildman–Crippen MR) is 102 cm³/mol. The van der Waals surface area contributed by atoms with Crippen molar-refractivity contribution in [1.29, 1.82) is 0 Å². The van der Waals surface area contributed by atoms with Crippen molar-refractivity contribution in [3.8, 4) is 0 Å². The summed E-state index contributed by atoms with van der Waals surface area (Å²) in [5.74, 6) is 1.80. The first kappa shape index (κ1) is 21.0. The third-order valence-electron chi connectivity index (χ3n) is 3.82. The molecule has 0 radical (unpaired) electrons. The number of carbonyl (C=O) groups is 2. The number of ketones is 1. The van der Waals surface area contributed by atoms with Gasteiger partial charge in [-0.3, -0.25) is 9.59 Å². The molecule has 0 aromatic heterocycles. The van der Waals surface area contributed by atoms with Crippen LogP contribution in [0.1, 0.15) is 40.0 Å². The molecule has 0 N–H and O–H groups in total. The Bertz CT molecular complexity index is 518. The molecule has 0 heterocycles. The number of ether oxygens (including phenoxy) is 1. The molecule has 0 spiro atoms. The number of carbonyl (C=O) groups excluding carboxylic acids is 2. The predicted octanol–water partition coefficient (Wildman–Crippen LogP) is 4.08. The van der Waals surface area contributed by atoms with Crippen LogP contribution in [0.4, 0.5) is 0 Å². The van der Waals surface area contributed by atoms with Gasteiger partial charge in [-0.2, -0.15) is 0 Å². The molecule has 0 fully saturated rings. The number of Topliss-reactive ketones (excluding diaryl/α,β-unsaturated/α-hetero) is 1. The molecule has 0 aliphatic heterocycles. The SMILES string of the molecule is COC(=O)CCC=CCSC1=C(O[SiH](C)C)[C@@H](C(C)(C)C)CC1=O. The molecule has 0 unspecified atom stereocenters. The van der Waals surface area contributed by atoms with Crippen LogP contribution in [0.3, 0.4) is 0 Å². The maximum atomic E-state index is 12.4. The largest absolute Gasteiger partial charge is 0.549 e. The van der Waals surface area contributed by atoms with Crippen molar-refractivity contribution in [2.24, 2.45) is 11.3 Å². The van der Waals surface area contributed by atoms with Gasteiger partial charge in [0, 0.05) is 24.5 Å². The van der Waals surface area contributed by atoms with Crippen molar-refractivity contribution in [1.82, 2.24) is 0 Å². The highest BCUT2D eigenvalue weighted by molar-refractivity contribution is 8.04. The fraction of sp³-hybridized carbons (Fsp3) is 0.667. The Balaban J connectivity index is 2.71. The third kappa shape index (κ3) is 6.47. The zero-order valence-electron chi connectivity index (χ0n) is 15.7. The summed E-state index contributed by atoms with van der Waals surface area (Å²) in [5, 5.41) is 0. The summed E-state index contributed by atoms with van der Waals surface area (Å²) < 4.78 is 10.8. The van der Waals surface area contributed by atoms with Gasteiger partial charge >= 0.3 is 5.97 Å². The average Bonchev–Trinajstić information content (AvgIpc) is 2.78. The standard InChI is InChI=1S/C18H30O4SSi/c1-18(2,3)13-12-14(19)17(16(13)22-24(5)6)23-11-9-7-8-10-15(20)21-4/h7,9,13,24H,8,10-12H2,1-6H3/t13-/m0/s1. The van der Waals surface area contributed by atoms with Crippen molar-refractivity contribution in [2.45, 2.75) is 53.1 Å². The molecule has 24 heavy (non-hydrogen) atoms. The van der Waals surface area contributed by atoms with Crippen LogP contribution >= 0.6 is 11.8 Å². The quantitative estimate of drug-likeness (QED) is 0.366. The van der Waals surface area contributed by atoms with E-state index in [1.165, 1.54) is 7.11 Å². The lowest BCUT2D eigenvalue weighted by Crippen LogP contribution is -2.24. The van der Waals surface area contributed by atoms with Crippen LogP contribution in [0, 0.1) is 11.3 Å². The van der Waals surface area contributed by atoms with Crippen molar-refractivity contribution in [3.63, 3.8) is 0 Å². The number of hydrogen-bond donors (Lipinski definition) is 0. The number of thioether (sulfide) groups is 1. The lowest BCUT2D eigenvalue weighted by atomic mass is 9.79. The smallest absolute Gasteiger partial charge is 0.305 e. The van der Waals surface area contributed by atoms with Crippen molar-refractivity contribution in [3.05, 3.63) is 22.8 Å². The van der Waals surface area contributed by atoms with E-state index >= 15 is 0 Å². The van der Waals surface area contributed by atoms with E-state index in [0.29, 0.717) is 25.0 Å². The van der Waals surface area contributed by atoms with Gasteiger partial charge in [-0.1, -0.05) is 32.9 Å². The molecule has 4 nitrogen and oxygen atoms in total. The van der Waals surface area contributed by atoms with Crippen LogP contribution in [-0.4, -0.2) is 33.7 Å². The van der Waals surface area contributed by atoms with Crippen LogP contribution in [0.25, 0.3) is 0 Å². The summed E-state index contributed by atoms with van der Waals surface area (Å²) in [6.45, 7) is 10.7. The summed E-state index contributed by atoms with van der Waals surface area (Å²) >= 11 is 1.55. The highest BCUT2D eigenvalue weighted by atomic mass is 32.2. The van der Waals surface area contributed by atoms with E-state index in [9.17, 15) is 9.59 Å². The third-order valence-corrected chi connectivity index (χ3v) is 5.63. The molecule has 1 aliphatic carbocycles. The van der Waals surface area contributed by atoms with E-state index in [2.05, 4.69) is 38.6 Å². The summed E-state index contributed by atoms with van der Waals surface area (Å²) in [7, 11) is 0.134. The molecule has 1 rings (SSSR count). The van der Waals surface area contributed by atoms with Crippen LogP contribution in [-0.2, 0) is 18.8 Å². The van der Waals surface area contributed by atoms with E-state index in [-0.39, 0.29) is 23.1 Å². The van der Waals surface area contributed by atoms with Crippen LogP contribution in [0.5, 0.6) is 0 Å². The number of hydrogen-bond acceptors (Lipinski definition) is 5. The average molecular weight is 371 g/mol. The van der Waals surface area contributed by atoms with Crippen LogP contribution in [0.15, 0.2) is 22.8 Å². The Hall–Kier alpha value is -1.01. The van der Waals surface area contributed by atoms with E-state index in [4.69, 9.17) is 4.43 Å². The first-order chi connectivity index (χ1) is 11.2. The molecule has 0 aromatic rings. The minimum absolute atomic E-state index is 0.0208. The highest BCUT2D eigenvalue weighted by Gasteiger charge is 2.40. The Morgan fingerprint density at radius 2 is 2.00 bits per heavy atom. The normalized spacial score (nSPS) is 18.8. The molecule has 1 atom stereocenters. The van der Waals surface area contributed by atoms with Gasteiger partial charge in [0.1, 0.15) is 5.76 Å². The lowest BCUT2D eigenvalue weighted by molar-refractivity contribution is -0.140. The molecule has 0 bridgehead atoms. The second-order valence-corrected chi connectivity index (χ2v) is 10.7. The van der Waals surface area contributed by atoms with Gasteiger partial charge in [-0.05, 0) is 24.9 Å². The summed E-state index contributed by atoms with van der Waals surface area (Å²) in [5.41, 5.74) is 0.0208. The molecule has 136 valence electrons. The molecule has 1 aliphatic rings. The highest BCUT2D eigenvalue weighted by Crippen LogP contribution is 2.45. The zero-order chi connectivity index (χ0) is 18.3. The monoisotopic (exact) mass is 370 g/mol. The van der Waals surface area contributed by atoms with E-state index in [1.54, 1.807) is 11.8 Å². The van der Waals surface area contributed by atoms with Crippen molar-refractivity contribution in [2.75, 3.05) is 12.9 Å². The number of esters is 1.